The maximum Gasteiger partial charge on any atom is 0.345 e. The van der Waals surface area contributed by atoms with Crippen LogP contribution in [-0.4, -0.2) is 21.8 Å². The lowest BCUT2D eigenvalue weighted by atomic mass is 10.2. The van der Waals surface area contributed by atoms with Crippen molar-refractivity contribution in [1.29, 1.82) is 0 Å². The maximum absolute atomic E-state index is 12.2. The molecule has 0 radical (unpaired) electrons. The Morgan fingerprint density at radius 1 is 1.28 bits per heavy atom. The standard InChI is InChI=1S/C18H15ClN4O2/c1-12-11-23(18(20)22-12)21-10-13-5-4-6-14(9-13)25-17(24)15-7-2-3-8-16(15)19/h2-11H,1H3,(H2,20,22). The Balaban J connectivity index is 1.76. The Kier molecular flexibility index (Phi) is 4.81. The van der Waals surface area contributed by atoms with E-state index in [4.69, 9.17) is 22.1 Å². The number of rotatable bonds is 4. The number of esters is 1. The zero-order chi connectivity index (χ0) is 17.8. The van der Waals surface area contributed by atoms with Gasteiger partial charge in [-0.2, -0.15) is 5.10 Å². The molecule has 0 aliphatic carbocycles. The van der Waals surface area contributed by atoms with Crippen LogP contribution in [0.1, 0.15) is 21.6 Å². The molecule has 3 rings (SSSR count). The summed E-state index contributed by atoms with van der Waals surface area (Å²) < 4.78 is 6.84. The molecule has 0 saturated heterocycles. The van der Waals surface area contributed by atoms with Crippen molar-refractivity contribution in [3.8, 4) is 5.75 Å². The number of imidazole rings is 1. The number of hydrogen-bond acceptors (Lipinski definition) is 5. The summed E-state index contributed by atoms with van der Waals surface area (Å²) in [6.07, 6.45) is 3.32. The third-order valence-corrected chi connectivity index (χ3v) is 3.66. The summed E-state index contributed by atoms with van der Waals surface area (Å²) in [5, 5.41) is 4.58. The molecule has 2 aromatic carbocycles. The molecule has 0 bridgehead atoms. The van der Waals surface area contributed by atoms with Crippen molar-refractivity contribution >= 4 is 29.7 Å². The summed E-state index contributed by atoms with van der Waals surface area (Å²) in [6, 6.07) is 13.7. The number of hydrogen-bond donors (Lipinski definition) is 1. The largest absolute Gasteiger partial charge is 0.423 e. The summed E-state index contributed by atoms with van der Waals surface area (Å²) in [4.78, 5) is 16.3. The number of benzene rings is 2. The highest BCUT2D eigenvalue weighted by atomic mass is 35.5. The average molecular weight is 355 g/mol. The molecular formula is C18H15ClN4O2. The van der Waals surface area contributed by atoms with E-state index in [0.717, 1.165) is 11.3 Å². The van der Waals surface area contributed by atoms with E-state index in [1.54, 1.807) is 54.9 Å². The summed E-state index contributed by atoms with van der Waals surface area (Å²) in [5.74, 6) is 0.174. The molecule has 2 N–H and O–H groups in total. The van der Waals surface area contributed by atoms with Crippen molar-refractivity contribution < 1.29 is 9.53 Å². The Labute approximate surface area is 149 Å². The number of nitrogens with zero attached hydrogens (tertiary/aromatic N) is 3. The molecule has 0 saturated carbocycles. The van der Waals surface area contributed by atoms with E-state index in [-0.39, 0.29) is 0 Å². The number of aryl methyl sites for hydroxylation is 1. The zero-order valence-corrected chi connectivity index (χ0v) is 14.1. The first kappa shape index (κ1) is 16.7. The number of anilines is 1. The first-order valence-corrected chi connectivity index (χ1v) is 7.83. The lowest BCUT2D eigenvalue weighted by Gasteiger charge is -2.06. The van der Waals surface area contributed by atoms with Crippen LogP contribution in [0, 0.1) is 6.92 Å². The summed E-state index contributed by atoms with van der Waals surface area (Å²) in [6.45, 7) is 1.83. The van der Waals surface area contributed by atoms with E-state index < -0.39 is 5.97 Å². The van der Waals surface area contributed by atoms with Gasteiger partial charge in [-0.3, -0.25) is 0 Å². The van der Waals surface area contributed by atoms with Crippen LogP contribution < -0.4 is 10.5 Å². The minimum absolute atomic E-state index is 0.301. The number of ether oxygens (including phenoxy) is 1. The quantitative estimate of drug-likeness (QED) is 0.441. The topological polar surface area (TPSA) is 82.5 Å². The van der Waals surface area contributed by atoms with E-state index in [2.05, 4.69) is 10.1 Å². The zero-order valence-electron chi connectivity index (χ0n) is 13.4. The number of aromatic nitrogens is 2. The van der Waals surface area contributed by atoms with E-state index in [0.29, 0.717) is 22.3 Å². The van der Waals surface area contributed by atoms with E-state index in [1.807, 2.05) is 13.0 Å². The molecule has 126 valence electrons. The minimum atomic E-state index is -0.519. The van der Waals surface area contributed by atoms with Gasteiger partial charge in [0.1, 0.15) is 5.75 Å². The van der Waals surface area contributed by atoms with Crippen molar-refractivity contribution in [3.05, 3.63) is 76.6 Å². The van der Waals surface area contributed by atoms with Crippen molar-refractivity contribution in [1.82, 2.24) is 9.66 Å². The third-order valence-electron chi connectivity index (χ3n) is 3.33. The Bertz CT molecular complexity index is 950. The Morgan fingerprint density at radius 2 is 2.08 bits per heavy atom. The summed E-state index contributed by atoms with van der Waals surface area (Å²) >= 11 is 6.01. The molecule has 0 unspecified atom stereocenters. The highest BCUT2D eigenvalue weighted by Crippen LogP contribution is 2.19. The van der Waals surface area contributed by atoms with E-state index in [9.17, 15) is 4.79 Å². The van der Waals surface area contributed by atoms with Gasteiger partial charge in [0.25, 0.3) is 0 Å². The monoisotopic (exact) mass is 354 g/mol. The molecule has 6 nitrogen and oxygen atoms in total. The lowest BCUT2D eigenvalue weighted by molar-refractivity contribution is 0.0735. The molecule has 25 heavy (non-hydrogen) atoms. The molecule has 0 aliphatic rings. The van der Waals surface area contributed by atoms with Crippen molar-refractivity contribution in [2.75, 3.05) is 5.73 Å². The first-order chi connectivity index (χ1) is 12.0. The van der Waals surface area contributed by atoms with Gasteiger partial charge in [0.2, 0.25) is 5.95 Å². The van der Waals surface area contributed by atoms with Crippen LogP contribution >= 0.6 is 11.6 Å². The SMILES string of the molecule is Cc1cn(N=Cc2cccc(OC(=O)c3ccccc3Cl)c2)c(N)n1. The van der Waals surface area contributed by atoms with E-state index >= 15 is 0 Å². The molecule has 3 aromatic rings. The van der Waals surface area contributed by atoms with Gasteiger partial charge in [-0.05, 0) is 36.8 Å². The fraction of sp³-hybridized carbons (Fsp3) is 0.0556. The Morgan fingerprint density at radius 3 is 2.80 bits per heavy atom. The van der Waals surface area contributed by atoms with Gasteiger partial charge in [0.05, 0.1) is 28.7 Å². The third kappa shape index (κ3) is 4.05. The number of nitrogens with two attached hydrogens (primary N) is 1. The van der Waals surface area contributed by atoms with Crippen molar-refractivity contribution in [2.45, 2.75) is 6.92 Å². The lowest BCUT2D eigenvalue weighted by Crippen LogP contribution is -2.09. The van der Waals surface area contributed by atoms with Gasteiger partial charge >= 0.3 is 5.97 Å². The van der Waals surface area contributed by atoms with Gasteiger partial charge in [0, 0.05) is 0 Å². The van der Waals surface area contributed by atoms with Crippen molar-refractivity contribution in [3.63, 3.8) is 0 Å². The van der Waals surface area contributed by atoms with Crippen LogP contribution in [0.4, 0.5) is 5.95 Å². The van der Waals surface area contributed by atoms with Crippen LogP contribution in [0.25, 0.3) is 0 Å². The fourth-order valence-corrected chi connectivity index (χ4v) is 2.39. The molecule has 1 heterocycles. The smallest absolute Gasteiger partial charge is 0.345 e. The second-order valence-corrected chi connectivity index (χ2v) is 5.68. The van der Waals surface area contributed by atoms with Crippen LogP contribution in [0.3, 0.4) is 0 Å². The molecule has 0 aliphatic heterocycles. The van der Waals surface area contributed by atoms with Gasteiger partial charge in [-0.25, -0.2) is 14.5 Å². The van der Waals surface area contributed by atoms with Crippen LogP contribution in [0.15, 0.2) is 59.8 Å². The van der Waals surface area contributed by atoms with Crippen LogP contribution in [0.2, 0.25) is 5.02 Å². The molecular weight excluding hydrogens is 340 g/mol. The van der Waals surface area contributed by atoms with Crippen LogP contribution in [0.5, 0.6) is 5.75 Å². The first-order valence-electron chi connectivity index (χ1n) is 7.45. The molecule has 7 heteroatoms. The average Bonchev–Trinajstić information content (AvgIpc) is 2.91. The number of nitrogen functional groups attached to an aromatic ring is 1. The predicted octanol–water partition coefficient (Wildman–Crippen LogP) is 3.53. The number of carbonyl (C=O) groups is 1. The number of halogens is 1. The predicted molar refractivity (Wildman–Crippen MR) is 97.2 cm³/mol. The maximum atomic E-state index is 12.2. The fourth-order valence-electron chi connectivity index (χ4n) is 2.17. The van der Waals surface area contributed by atoms with Gasteiger partial charge in [0.15, 0.2) is 0 Å². The highest BCUT2D eigenvalue weighted by Gasteiger charge is 2.12. The molecule has 0 amide bonds. The molecule has 0 fully saturated rings. The second-order valence-electron chi connectivity index (χ2n) is 5.27. The van der Waals surface area contributed by atoms with Gasteiger partial charge in [-0.15, -0.1) is 0 Å². The summed E-state index contributed by atoms with van der Waals surface area (Å²) in [7, 11) is 0. The van der Waals surface area contributed by atoms with Gasteiger partial charge < -0.3 is 10.5 Å². The molecule has 1 aromatic heterocycles. The highest BCUT2D eigenvalue weighted by molar-refractivity contribution is 6.33. The minimum Gasteiger partial charge on any atom is -0.423 e. The van der Waals surface area contributed by atoms with E-state index in [1.165, 1.54) is 4.68 Å². The Hall–Kier alpha value is -3.12. The normalized spacial score (nSPS) is 11.0. The second kappa shape index (κ2) is 7.19. The molecule has 0 atom stereocenters. The van der Waals surface area contributed by atoms with Crippen molar-refractivity contribution in [2.24, 2.45) is 5.10 Å². The molecule has 0 spiro atoms. The van der Waals surface area contributed by atoms with Gasteiger partial charge in [-0.1, -0.05) is 35.9 Å². The summed E-state index contributed by atoms with van der Waals surface area (Å²) in [5.41, 5.74) is 7.57. The van der Waals surface area contributed by atoms with Crippen LogP contribution in [-0.2, 0) is 0 Å². The number of carbonyl (C=O) groups excluding carboxylic acids is 1.